The summed E-state index contributed by atoms with van der Waals surface area (Å²) in [5.74, 6) is -0.692. The van der Waals surface area contributed by atoms with Crippen molar-refractivity contribution in [2.45, 2.75) is 38.5 Å². The number of carbonyl (C=O) groups excluding carboxylic acids is 2. The van der Waals surface area contributed by atoms with E-state index in [4.69, 9.17) is 4.74 Å². The zero-order valence-electron chi connectivity index (χ0n) is 15.0. The molecule has 0 saturated carbocycles. The first-order valence-corrected chi connectivity index (χ1v) is 9.32. The maximum absolute atomic E-state index is 12.1. The summed E-state index contributed by atoms with van der Waals surface area (Å²) in [5, 5.41) is 2.79. The van der Waals surface area contributed by atoms with E-state index in [1.165, 1.54) is 23.1 Å². The maximum Gasteiger partial charge on any atom is 0.338 e. The number of benzene rings is 2. The number of ether oxygens (including phenoxy) is 1. The predicted octanol–water partition coefficient (Wildman–Crippen LogP) is 3.47. The number of esters is 1. The number of amides is 1. The van der Waals surface area contributed by atoms with Crippen LogP contribution in [0.15, 0.2) is 48.5 Å². The molecule has 2 aromatic carbocycles. The van der Waals surface area contributed by atoms with Crippen LogP contribution in [-0.2, 0) is 28.8 Å². The number of rotatable bonds is 7. The van der Waals surface area contributed by atoms with E-state index in [9.17, 15) is 9.59 Å². The molecule has 4 heteroatoms. The van der Waals surface area contributed by atoms with Crippen LogP contribution in [0, 0.1) is 0 Å². The third kappa shape index (κ3) is 5.19. The fourth-order valence-electron chi connectivity index (χ4n) is 3.29. The molecule has 0 atom stereocenters. The molecule has 136 valence electrons. The van der Waals surface area contributed by atoms with Crippen molar-refractivity contribution in [3.63, 3.8) is 0 Å². The largest absolute Gasteiger partial charge is 0.452 e. The third-order valence-electron chi connectivity index (χ3n) is 4.73. The lowest BCUT2D eigenvalue weighted by atomic mass is 9.90. The number of nitrogens with one attached hydrogen (secondary N) is 1. The minimum absolute atomic E-state index is 0.235. The summed E-state index contributed by atoms with van der Waals surface area (Å²) in [6.45, 7) is 0.339. The van der Waals surface area contributed by atoms with Gasteiger partial charge in [-0.1, -0.05) is 36.4 Å². The van der Waals surface area contributed by atoms with Gasteiger partial charge in [-0.05, 0) is 67.3 Å². The Morgan fingerprint density at radius 2 is 1.73 bits per heavy atom. The molecule has 1 amide bonds. The predicted molar refractivity (Wildman–Crippen MR) is 101 cm³/mol. The summed E-state index contributed by atoms with van der Waals surface area (Å²) in [4.78, 5) is 24.0. The van der Waals surface area contributed by atoms with Crippen LogP contribution in [-0.4, -0.2) is 25.0 Å². The molecule has 0 aliphatic heterocycles. The molecule has 0 unspecified atom stereocenters. The molecular formula is C22H25NO3. The van der Waals surface area contributed by atoms with Gasteiger partial charge in [0.2, 0.25) is 0 Å². The fraction of sp³-hybridized carbons (Fsp3) is 0.364. The zero-order chi connectivity index (χ0) is 18.2. The molecular weight excluding hydrogens is 326 g/mol. The van der Waals surface area contributed by atoms with Gasteiger partial charge in [-0.3, -0.25) is 4.79 Å². The second-order valence-corrected chi connectivity index (χ2v) is 6.71. The second kappa shape index (κ2) is 9.18. The van der Waals surface area contributed by atoms with E-state index < -0.39 is 5.97 Å². The molecule has 3 rings (SSSR count). The Kier molecular flexibility index (Phi) is 6.42. The summed E-state index contributed by atoms with van der Waals surface area (Å²) < 4.78 is 5.15. The van der Waals surface area contributed by atoms with Crippen LogP contribution in [0.5, 0.6) is 0 Å². The smallest absolute Gasteiger partial charge is 0.338 e. The number of carbonyl (C=O) groups is 2. The Labute approximate surface area is 154 Å². The Balaban J connectivity index is 1.38. The number of hydrogen-bond acceptors (Lipinski definition) is 3. The van der Waals surface area contributed by atoms with Crippen LogP contribution >= 0.6 is 0 Å². The molecule has 0 bridgehead atoms. The monoisotopic (exact) mass is 351 g/mol. The molecule has 26 heavy (non-hydrogen) atoms. The molecule has 0 saturated heterocycles. The van der Waals surface area contributed by atoms with Crippen LogP contribution < -0.4 is 5.32 Å². The SMILES string of the molecule is O=C(COC(=O)c1ccc2c(c1)CCCC2)NCCCc1ccccc1. The minimum Gasteiger partial charge on any atom is -0.452 e. The highest BCUT2D eigenvalue weighted by atomic mass is 16.5. The minimum atomic E-state index is -0.433. The first kappa shape index (κ1) is 18.2. The van der Waals surface area contributed by atoms with Crippen LogP contribution in [0.3, 0.4) is 0 Å². The van der Waals surface area contributed by atoms with Crippen LogP contribution in [0.4, 0.5) is 0 Å². The van der Waals surface area contributed by atoms with Crippen molar-refractivity contribution < 1.29 is 14.3 Å². The summed E-state index contributed by atoms with van der Waals surface area (Å²) in [6, 6.07) is 15.9. The van der Waals surface area contributed by atoms with Gasteiger partial charge in [0.15, 0.2) is 6.61 Å². The van der Waals surface area contributed by atoms with Gasteiger partial charge in [0.25, 0.3) is 5.91 Å². The molecule has 4 nitrogen and oxygen atoms in total. The van der Waals surface area contributed by atoms with Crippen LogP contribution in [0.25, 0.3) is 0 Å². The van der Waals surface area contributed by atoms with Gasteiger partial charge in [-0.25, -0.2) is 4.79 Å². The Morgan fingerprint density at radius 3 is 2.54 bits per heavy atom. The van der Waals surface area contributed by atoms with Gasteiger partial charge in [0.1, 0.15) is 0 Å². The van der Waals surface area contributed by atoms with Gasteiger partial charge < -0.3 is 10.1 Å². The van der Waals surface area contributed by atoms with Crippen molar-refractivity contribution in [2.24, 2.45) is 0 Å². The third-order valence-corrected chi connectivity index (χ3v) is 4.73. The van der Waals surface area contributed by atoms with Crippen molar-refractivity contribution in [1.82, 2.24) is 5.32 Å². The Morgan fingerprint density at radius 1 is 0.962 bits per heavy atom. The quantitative estimate of drug-likeness (QED) is 0.614. The van der Waals surface area contributed by atoms with Gasteiger partial charge in [-0.15, -0.1) is 0 Å². The van der Waals surface area contributed by atoms with Crippen molar-refractivity contribution in [1.29, 1.82) is 0 Å². The topological polar surface area (TPSA) is 55.4 Å². The van der Waals surface area contributed by atoms with Crippen molar-refractivity contribution in [3.8, 4) is 0 Å². The zero-order valence-corrected chi connectivity index (χ0v) is 15.0. The summed E-state index contributed by atoms with van der Waals surface area (Å²) in [5.41, 5.74) is 4.34. The highest BCUT2D eigenvalue weighted by Gasteiger charge is 2.14. The normalized spacial score (nSPS) is 12.9. The van der Waals surface area contributed by atoms with E-state index in [1.54, 1.807) is 6.07 Å². The van der Waals surface area contributed by atoms with Gasteiger partial charge in [-0.2, -0.15) is 0 Å². The van der Waals surface area contributed by atoms with E-state index in [0.29, 0.717) is 12.1 Å². The second-order valence-electron chi connectivity index (χ2n) is 6.71. The number of aryl methyl sites for hydroxylation is 3. The Hall–Kier alpha value is -2.62. The van der Waals surface area contributed by atoms with E-state index >= 15 is 0 Å². The summed E-state index contributed by atoms with van der Waals surface area (Å²) in [6.07, 6.45) is 6.23. The lowest BCUT2D eigenvalue weighted by Gasteiger charge is -2.16. The lowest BCUT2D eigenvalue weighted by molar-refractivity contribution is -0.124. The molecule has 0 spiro atoms. The van der Waals surface area contributed by atoms with E-state index in [2.05, 4.69) is 17.4 Å². The van der Waals surface area contributed by atoms with Gasteiger partial charge in [0.05, 0.1) is 5.56 Å². The first-order chi connectivity index (χ1) is 12.7. The van der Waals surface area contributed by atoms with E-state index in [-0.39, 0.29) is 12.5 Å². The van der Waals surface area contributed by atoms with Gasteiger partial charge >= 0.3 is 5.97 Å². The lowest BCUT2D eigenvalue weighted by Crippen LogP contribution is -2.29. The van der Waals surface area contributed by atoms with Crippen LogP contribution in [0.2, 0.25) is 0 Å². The maximum atomic E-state index is 12.1. The number of hydrogen-bond donors (Lipinski definition) is 1. The highest BCUT2D eigenvalue weighted by molar-refractivity contribution is 5.91. The summed E-state index contributed by atoms with van der Waals surface area (Å²) >= 11 is 0. The van der Waals surface area contributed by atoms with E-state index in [0.717, 1.165) is 32.1 Å². The molecule has 0 aromatic heterocycles. The van der Waals surface area contributed by atoms with Crippen molar-refractivity contribution in [2.75, 3.05) is 13.2 Å². The van der Waals surface area contributed by atoms with Crippen LogP contribution in [0.1, 0.15) is 46.3 Å². The molecule has 0 fully saturated rings. The molecule has 1 N–H and O–H groups in total. The molecule has 1 aliphatic carbocycles. The van der Waals surface area contributed by atoms with Crippen molar-refractivity contribution in [3.05, 3.63) is 70.8 Å². The van der Waals surface area contributed by atoms with Gasteiger partial charge in [0, 0.05) is 6.54 Å². The summed E-state index contributed by atoms with van der Waals surface area (Å²) in [7, 11) is 0. The Bertz CT molecular complexity index is 755. The van der Waals surface area contributed by atoms with Crippen molar-refractivity contribution >= 4 is 11.9 Å². The average Bonchev–Trinajstić information content (AvgIpc) is 2.70. The molecule has 1 aliphatic rings. The standard InChI is InChI=1S/C22H25NO3/c24-21(23-14-6-9-17-7-2-1-3-8-17)16-26-22(25)20-13-12-18-10-4-5-11-19(18)15-20/h1-3,7-8,12-13,15H,4-6,9-11,14,16H2,(H,23,24). The molecule has 0 radical (unpaired) electrons. The average molecular weight is 351 g/mol. The fourth-order valence-corrected chi connectivity index (χ4v) is 3.29. The highest BCUT2D eigenvalue weighted by Crippen LogP contribution is 2.22. The van der Waals surface area contributed by atoms with E-state index in [1.807, 2.05) is 30.3 Å². The molecule has 2 aromatic rings. The number of fused-ring (bicyclic) bond motifs is 1. The first-order valence-electron chi connectivity index (χ1n) is 9.32. The molecule has 0 heterocycles.